The van der Waals surface area contributed by atoms with Crippen LogP contribution in [0, 0.1) is 12.8 Å². The van der Waals surface area contributed by atoms with Crippen LogP contribution in [-0.4, -0.2) is 15.2 Å². The van der Waals surface area contributed by atoms with Crippen LogP contribution < -0.4 is 5.73 Å². The molecule has 3 heteroatoms. The van der Waals surface area contributed by atoms with E-state index in [0.717, 1.165) is 11.3 Å². The van der Waals surface area contributed by atoms with Crippen LogP contribution in [0.3, 0.4) is 0 Å². The van der Waals surface area contributed by atoms with Crippen molar-refractivity contribution in [3.05, 3.63) is 35.4 Å². The summed E-state index contributed by atoms with van der Waals surface area (Å²) in [7, 11) is -0.816. The second kappa shape index (κ2) is 6.67. The third-order valence-electron chi connectivity index (χ3n) is 4.26. The summed E-state index contributed by atoms with van der Waals surface area (Å²) in [6.07, 6.45) is 5.11. The van der Waals surface area contributed by atoms with E-state index in [9.17, 15) is 4.21 Å². The zero-order valence-electron chi connectivity index (χ0n) is 12.0. The van der Waals surface area contributed by atoms with Gasteiger partial charge in [-0.3, -0.25) is 4.21 Å². The minimum absolute atomic E-state index is 0.0308. The zero-order valence-corrected chi connectivity index (χ0v) is 12.8. The summed E-state index contributed by atoms with van der Waals surface area (Å²) in [6.45, 7) is 4.09. The largest absolute Gasteiger partial charge is 0.323 e. The Bertz CT molecular complexity index is 423. The highest BCUT2D eigenvalue weighted by Crippen LogP contribution is 2.27. The van der Waals surface area contributed by atoms with Crippen LogP contribution in [0.5, 0.6) is 0 Å². The molecule has 2 nitrogen and oxygen atoms in total. The maximum absolute atomic E-state index is 12.4. The first-order valence-electron chi connectivity index (χ1n) is 7.27. The number of hydrogen-bond acceptors (Lipinski definition) is 2. The fraction of sp³-hybridized carbons (Fsp3) is 0.625. The van der Waals surface area contributed by atoms with Gasteiger partial charge >= 0.3 is 0 Å². The second-order valence-electron chi connectivity index (χ2n) is 5.84. The maximum Gasteiger partial charge on any atom is 0.0512 e. The van der Waals surface area contributed by atoms with Crippen LogP contribution in [0.25, 0.3) is 0 Å². The van der Waals surface area contributed by atoms with Gasteiger partial charge in [-0.15, -0.1) is 0 Å². The second-order valence-corrected chi connectivity index (χ2v) is 7.68. The van der Waals surface area contributed by atoms with Crippen molar-refractivity contribution in [2.75, 3.05) is 5.75 Å². The van der Waals surface area contributed by atoms with Gasteiger partial charge in [0.1, 0.15) is 0 Å². The highest BCUT2D eigenvalue weighted by atomic mass is 32.2. The Hall–Kier alpha value is -0.670. The molecule has 0 spiro atoms. The summed E-state index contributed by atoms with van der Waals surface area (Å²) >= 11 is 0. The monoisotopic (exact) mass is 279 g/mol. The minimum Gasteiger partial charge on any atom is -0.323 e. The van der Waals surface area contributed by atoms with Crippen molar-refractivity contribution in [1.82, 2.24) is 0 Å². The predicted molar refractivity (Wildman–Crippen MR) is 82.5 cm³/mol. The Kier molecular flexibility index (Phi) is 5.17. The summed E-state index contributed by atoms with van der Waals surface area (Å²) in [4.78, 5) is 0. The van der Waals surface area contributed by atoms with E-state index < -0.39 is 10.8 Å². The van der Waals surface area contributed by atoms with Crippen molar-refractivity contribution in [3.8, 4) is 0 Å². The van der Waals surface area contributed by atoms with Gasteiger partial charge in [0, 0.05) is 22.6 Å². The van der Waals surface area contributed by atoms with E-state index in [-0.39, 0.29) is 11.3 Å². The standard InChI is InChI=1S/C16H25NOS/c1-12-7-9-15(10-8-12)16(17)13(2)19(18)11-14-5-3-4-6-14/h7-10,13-14,16H,3-6,11,17H2,1-2H3. The lowest BCUT2D eigenvalue weighted by Gasteiger charge is -2.21. The Morgan fingerprint density at radius 1 is 1.26 bits per heavy atom. The van der Waals surface area contributed by atoms with E-state index in [2.05, 4.69) is 31.2 Å². The van der Waals surface area contributed by atoms with Gasteiger partial charge in [-0.05, 0) is 38.2 Å². The normalized spacial score (nSPS) is 21.2. The summed E-state index contributed by atoms with van der Waals surface area (Å²) in [6, 6.07) is 8.14. The lowest BCUT2D eigenvalue weighted by atomic mass is 10.0. The van der Waals surface area contributed by atoms with Gasteiger partial charge in [-0.25, -0.2) is 0 Å². The highest BCUT2D eigenvalue weighted by Gasteiger charge is 2.25. The molecule has 106 valence electrons. The van der Waals surface area contributed by atoms with Crippen LogP contribution in [0.1, 0.15) is 49.8 Å². The molecule has 19 heavy (non-hydrogen) atoms. The van der Waals surface area contributed by atoms with Crippen molar-refractivity contribution >= 4 is 10.8 Å². The molecule has 1 aliphatic carbocycles. The van der Waals surface area contributed by atoms with E-state index in [1.807, 2.05) is 6.92 Å². The molecule has 3 unspecified atom stereocenters. The van der Waals surface area contributed by atoms with Crippen LogP contribution in [-0.2, 0) is 10.8 Å². The molecule has 1 aromatic rings. The molecule has 0 aliphatic heterocycles. The Morgan fingerprint density at radius 3 is 2.42 bits per heavy atom. The van der Waals surface area contributed by atoms with Crippen molar-refractivity contribution in [1.29, 1.82) is 0 Å². The molecule has 0 heterocycles. The molecule has 0 amide bonds. The number of nitrogens with two attached hydrogens (primary N) is 1. The number of rotatable bonds is 5. The summed E-state index contributed by atoms with van der Waals surface area (Å²) in [5.74, 6) is 1.49. The summed E-state index contributed by atoms with van der Waals surface area (Å²) in [5.41, 5.74) is 8.60. The van der Waals surface area contributed by atoms with Crippen molar-refractivity contribution in [2.24, 2.45) is 11.7 Å². The molecule has 1 fully saturated rings. The smallest absolute Gasteiger partial charge is 0.0512 e. The van der Waals surface area contributed by atoms with Crippen LogP contribution in [0.15, 0.2) is 24.3 Å². The third-order valence-corrected chi connectivity index (χ3v) is 6.18. The van der Waals surface area contributed by atoms with Gasteiger partial charge in [0.2, 0.25) is 0 Å². The fourth-order valence-corrected chi connectivity index (χ4v) is 4.37. The van der Waals surface area contributed by atoms with E-state index in [0.29, 0.717) is 5.92 Å². The first-order valence-corrected chi connectivity index (χ1v) is 8.65. The van der Waals surface area contributed by atoms with Gasteiger partial charge in [0.15, 0.2) is 0 Å². The SMILES string of the molecule is Cc1ccc(C(N)C(C)S(=O)CC2CCCC2)cc1. The predicted octanol–water partition coefficient (Wildman–Crippen LogP) is 3.32. The quantitative estimate of drug-likeness (QED) is 0.898. The van der Waals surface area contributed by atoms with Crippen molar-refractivity contribution < 1.29 is 4.21 Å². The van der Waals surface area contributed by atoms with Gasteiger partial charge in [0.05, 0.1) is 5.25 Å². The van der Waals surface area contributed by atoms with E-state index >= 15 is 0 Å². The molecule has 2 rings (SSSR count). The third kappa shape index (κ3) is 3.90. The molecular formula is C16H25NOS. The zero-order chi connectivity index (χ0) is 13.8. The average molecular weight is 279 g/mol. The summed E-state index contributed by atoms with van der Waals surface area (Å²) in [5, 5.41) is 0.0308. The van der Waals surface area contributed by atoms with Crippen LogP contribution >= 0.6 is 0 Å². The molecule has 0 bridgehead atoms. The van der Waals surface area contributed by atoms with Gasteiger partial charge < -0.3 is 5.73 Å². The molecular weight excluding hydrogens is 254 g/mol. The molecule has 1 aromatic carbocycles. The molecule has 2 N–H and O–H groups in total. The average Bonchev–Trinajstić information content (AvgIpc) is 2.90. The van der Waals surface area contributed by atoms with Crippen LogP contribution in [0.2, 0.25) is 0 Å². The molecule has 0 saturated heterocycles. The lowest BCUT2D eigenvalue weighted by Crippen LogP contribution is -2.30. The Balaban J connectivity index is 1.95. The topological polar surface area (TPSA) is 43.1 Å². The molecule has 0 radical (unpaired) electrons. The van der Waals surface area contributed by atoms with Gasteiger partial charge in [-0.1, -0.05) is 42.7 Å². The van der Waals surface area contributed by atoms with Crippen LogP contribution in [0.4, 0.5) is 0 Å². The van der Waals surface area contributed by atoms with E-state index in [1.54, 1.807) is 0 Å². The maximum atomic E-state index is 12.4. The van der Waals surface area contributed by atoms with Crippen molar-refractivity contribution in [2.45, 2.75) is 50.8 Å². The minimum atomic E-state index is -0.816. The molecule has 3 atom stereocenters. The first kappa shape index (κ1) is 14.7. The van der Waals surface area contributed by atoms with E-state index in [4.69, 9.17) is 5.73 Å². The molecule has 0 aromatic heterocycles. The Labute approximate surface area is 119 Å². The Morgan fingerprint density at radius 2 is 1.84 bits per heavy atom. The lowest BCUT2D eigenvalue weighted by molar-refractivity contribution is 0.590. The van der Waals surface area contributed by atoms with Gasteiger partial charge in [-0.2, -0.15) is 0 Å². The van der Waals surface area contributed by atoms with E-state index in [1.165, 1.54) is 31.2 Å². The molecule has 1 saturated carbocycles. The van der Waals surface area contributed by atoms with Gasteiger partial charge in [0.25, 0.3) is 0 Å². The first-order chi connectivity index (χ1) is 9.08. The number of benzene rings is 1. The number of aryl methyl sites for hydroxylation is 1. The molecule has 1 aliphatic rings. The van der Waals surface area contributed by atoms with Crippen molar-refractivity contribution in [3.63, 3.8) is 0 Å². The highest BCUT2D eigenvalue weighted by molar-refractivity contribution is 7.85. The fourth-order valence-electron chi connectivity index (χ4n) is 2.78. The number of hydrogen-bond donors (Lipinski definition) is 1. The summed E-state index contributed by atoms with van der Waals surface area (Å²) < 4.78 is 12.4.